The van der Waals surface area contributed by atoms with Gasteiger partial charge in [-0.3, -0.25) is 4.79 Å². The molecule has 0 fully saturated rings. The van der Waals surface area contributed by atoms with Crippen LogP contribution >= 0.6 is 23.2 Å². The lowest BCUT2D eigenvalue weighted by Crippen LogP contribution is -2.27. The molecule has 0 spiro atoms. The molecule has 2 N–H and O–H groups in total. The van der Waals surface area contributed by atoms with Crippen molar-refractivity contribution in [3.8, 4) is 0 Å². The minimum atomic E-state index is -0.402. The second-order valence-corrected chi connectivity index (χ2v) is 7.90. The lowest BCUT2D eigenvalue weighted by atomic mass is 9.75. The maximum atomic E-state index is 12.6. The number of nitrogens with zero attached hydrogens (tertiary/aromatic N) is 1. The van der Waals surface area contributed by atoms with Crippen molar-refractivity contribution in [2.45, 2.75) is 33.6 Å². The molecular weight excluding hydrogens is 363 g/mol. The molecular formula is C18H18Cl2N2O3. The summed E-state index contributed by atoms with van der Waals surface area (Å²) in [6.07, 6.45) is 1.28. The summed E-state index contributed by atoms with van der Waals surface area (Å²) in [5, 5.41) is 16.4. The molecule has 1 aliphatic rings. The van der Waals surface area contributed by atoms with Crippen molar-refractivity contribution in [1.29, 1.82) is 0 Å². The third kappa shape index (κ3) is 3.53. The molecule has 2 aromatic rings. The van der Waals surface area contributed by atoms with E-state index in [9.17, 15) is 10.0 Å². The Hall–Kier alpha value is -1.98. The summed E-state index contributed by atoms with van der Waals surface area (Å²) >= 11 is 11.9. The molecule has 0 bridgehead atoms. The molecule has 1 aromatic carbocycles. The largest absolute Gasteiger partial charge is 0.455 e. The average Bonchev–Trinajstić information content (AvgIpc) is 2.81. The first-order valence-corrected chi connectivity index (χ1v) is 8.57. The number of carbonyl (C=O) groups is 1. The predicted octanol–water partition coefficient (Wildman–Crippen LogP) is 5.30. The Morgan fingerprint density at radius 1 is 1.24 bits per heavy atom. The van der Waals surface area contributed by atoms with Gasteiger partial charge in [0.15, 0.2) is 5.76 Å². The number of amides is 1. The maximum Gasteiger partial charge on any atom is 0.291 e. The molecule has 0 saturated heterocycles. The van der Waals surface area contributed by atoms with E-state index in [0.717, 1.165) is 5.56 Å². The zero-order valence-corrected chi connectivity index (χ0v) is 15.6. The Kier molecular flexibility index (Phi) is 4.56. The molecule has 1 aliphatic carbocycles. The van der Waals surface area contributed by atoms with Crippen molar-refractivity contribution in [3.63, 3.8) is 0 Å². The molecule has 0 radical (unpaired) electrons. The summed E-state index contributed by atoms with van der Waals surface area (Å²) in [7, 11) is 0. The minimum absolute atomic E-state index is 0.104. The number of benzene rings is 1. The summed E-state index contributed by atoms with van der Waals surface area (Å²) in [6, 6.07) is 4.79. The number of carbonyl (C=O) groups excluding carboxylic acids is 1. The normalized spacial score (nSPS) is 17.4. The van der Waals surface area contributed by atoms with Crippen molar-refractivity contribution in [2.24, 2.45) is 10.6 Å². The Morgan fingerprint density at radius 3 is 2.48 bits per heavy atom. The molecule has 25 heavy (non-hydrogen) atoms. The van der Waals surface area contributed by atoms with E-state index in [1.54, 1.807) is 25.1 Å². The van der Waals surface area contributed by atoms with Gasteiger partial charge >= 0.3 is 0 Å². The molecule has 0 atom stereocenters. The fourth-order valence-electron chi connectivity index (χ4n) is 3.23. The van der Waals surface area contributed by atoms with E-state index in [1.165, 1.54) is 0 Å². The van der Waals surface area contributed by atoms with E-state index in [1.807, 2.05) is 0 Å². The van der Waals surface area contributed by atoms with Crippen molar-refractivity contribution >= 4 is 40.5 Å². The highest BCUT2D eigenvalue weighted by Crippen LogP contribution is 2.39. The summed E-state index contributed by atoms with van der Waals surface area (Å²) in [5.41, 5.74) is 2.29. The second kappa shape index (κ2) is 6.39. The molecule has 5 nitrogen and oxygen atoms in total. The Labute approximate surface area is 155 Å². The summed E-state index contributed by atoms with van der Waals surface area (Å²) in [5.74, 6) is 0.455. The molecule has 0 aliphatic heterocycles. The van der Waals surface area contributed by atoms with Crippen LogP contribution in [0.15, 0.2) is 27.8 Å². The second-order valence-electron chi connectivity index (χ2n) is 7.03. The van der Waals surface area contributed by atoms with Gasteiger partial charge in [-0.15, -0.1) is 0 Å². The third-order valence-electron chi connectivity index (χ3n) is 4.24. The zero-order valence-electron chi connectivity index (χ0n) is 14.1. The number of rotatable bonds is 2. The monoisotopic (exact) mass is 380 g/mol. The molecule has 132 valence electrons. The highest BCUT2D eigenvalue weighted by atomic mass is 35.5. The topological polar surface area (TPSA) is 74.8 Å². The van der Waals surface area contributed by atoms with Gasteiger partial charge in [-0.1, -0.05) is 42.2 Å². The van der Waals surface area contributed by atoms with Crippen LogP contribution in [-0.2, 0) is 6.42 Å². The van der Waals surface area contributed by atoms with Crippen LogP contribution < -0.4 is 5.32 Å². The number of anilines is 1. The van der Waals surface area contributed by atoms with Gasteiger partial charge < -0.3 is 14.9 Å². The molecule has 1 amide bonds. The number of hydrogen-bond acceptors (Lipinski definition) is 4. The SMILES string of the molecule is Cc1c(C(=O)Nc2cc(Cl)cc(Cl)c2)oc2c1/C(=N\O)CC(C)(C)C2. The van der Waals surface area contributed by atoms with Crippen LogP contribution in [0.3, 0.4) is 0 Å². The van der Waals surface area contributed by atoms with Gasteiger partial charge in [-0.05, 0) is 37.0 Å². The van der Waals surface area contributed by atoms with E-state index in [-0.39, 0.29) is 11.2 Å². The summed E-state index contributed by atoms with van der Waals surface area (Å²) < 4.78 is 5.83. The fourth-order valence-corrected chi connectivity index (χ4v) is 3.76. The standard InChI is InChI=1S/C18H18Cl2N2O3/c1-9-15-13(22-24)7-18(2,3)8-14(15)25-16(9)17(23)21-12-5-10(19)4-11(20)6-12/h4-6,24H,7-8H2,1-3H3,(H,21,23)/b22-13-. The highest BCUT2D eigenvalue weighted by Gasteiger charge is 2.36. The fraction of sp³-hybridized carbons (Fsp3) is 0.333. The number of hydrogen-bond donors (Lipinski definition) is 2. The van der Waals surface area contributed by atoms with E-state index < -0.39 is 5.91 Å². The van der Waals surface area contributed by atoms with Crippen LogP contribution in [-0.4, -0.2) is 16.8 Å². The molecule has 7 heteroatoms. The van der Waals surface area contributed by atoms with Gasteiger partial charge in [0, 0.05) is 33.3 Å². The van der Waals surface area contributed by atoms with Crippen molar-refractivity contribution in [1.82, 2.24) is 0 Å². The van der Waals surface area contributed by atoms with Gasteiger partial charge in [0.2, 0.25) is 0 Å². The predicted molar refractivity (Wildman–Crippen MR) is 98.3 cm³/mol. The Bertz CT molecular complexity index is 864. The van der Waals surface area contributed by atoms with Gasteiger partial charge in [0.25, 0.3) is 5.91 Å². The van der Waals surface area contributed by atoms with Gasteiger partial charge in [-0.25, -0.2) is 0 Å². The molecule has 3 rings (SSSR count). The van der Waals surface area contributed by atoms with Crippen LogP contribution in [0.4, 0.5) is 5.69 Å². The number of oxime groups is 1. The third-order valence-corrected chi connectivity index (χ3v) is 4.68. The number of nitrogens with one attached hydrogen (secondary N) is 1. The van der Waals surface area contributed by atoms with Crippen LogP contribution in [0, 0.1) is 12.3 Å². The molecule has 1 heterocycles. The number of fused-ring (bicyclic) bond motifs is 1. The Morgan fingerprint density at radius 2 is 1.88 bits per heavy atom. The first-order chi connectivity index (χ1) is 11.7. The quantitative estimate of drug-likeness (QED) is 0.548. The van der Waals surface area contributed by atoms with Gasteiger partial charge in [0.1, 0.15) is 5.76 Å². The maximum absolute atomic E-state index is 12.6. The van der Waals surface area contributed by atoms with Crippen molar-refractivity contribution in [3.05, 3.63) is 50.9 Å². The molecule has 0 saturated carbocycles. The lowest BCUT2D eigenvalue weighted by molar-refractivity contribution is 0.0993. The molecule has 1 aromatic heterocycles. The lowest BCUT2D eigenvalue weighted by Gasteiger charge is -2.28. The summed E-state index contributed by atoms with van der Waals surface area (Å²) in [6.45, 7) is 5.91. The first-order valence-electron chi connectivity index (χ1n) is 7.81. The van der Waals surface area contributed by atoms with Crippen LogP contribution in [0.5, 0.6) is 0 Å². The van der Waals surface area contributed by atoms with Crippen molar-refractivity contribution < 1.29 is 14.4 Å². The molecule has 0 unspecified atom stereocenters. The zero-order chi connectivity index (χ0) is 18.4. The average molecular weight is 381 g/mol. The first kappa shape index (κ1) is 17.8. The summed E-state index contributed by atoms with van der Waals surface area (Å²) in [4.78, 5) is 12.6. The Balaban J connectivity index is 1.96. The van der Waals surface area contributed by atoms with E-state index in [0.29, 0.717) is 45.6 Å². The van der Waals surface area contributed by atoms with Gasteiger partial charge in [-0.2, -0.15) is 0 Å². The van der Waals surface area contributed by atoms with E-state index >= 15 is 0 Å². The van der Waals surface area contributed by atoms with E-state index in [2.05, 4.69) is 24.3 Å². The van der Waals surface area contributed by atoms with E-state index in [4.69, 9.17) is 27.6 Å². The minimum Gasteiger partial charge on any atom is -0.455 e. The van der Waals surface area contributed by atoms with Crippen LogP contribution in [0.2, 0.25) is 10.0 Å². The van der Waals surface area contributed by atoms with Gasteiger partial charge in [0.05, 0.1) is 5.71 Å². The van der Waals surface area contributed by atoms with Crippen LogP contribution in [0.25, 0.3) is 0 Å². The van der Waals surface area contributed by atoms with Crippen molar-refractivity contribution in [2.75, 3.05) is 5.32 Å². The number of halogens is 2. The number of furan rings is 1. The highest BCUT2D eigenvalue weighted by molar-refractivity contribution is 6.35. The smallest absolute Gasteiger partial charge is 0.291 e. The van der Waals surface area contributed by atoms with Crippen LogP contribution in [0.1, 0.15) is 47.7 Å².